The first kappa shape index (κ1) is 9.96. The Balaban J connectivity index is 2.92. The highest BCUT2D eigenvalue weighted by Crippen LogP contribution is 2.23. The van der Waals surface area contributed by atoms with Gasteiger partial charge in [-0.2, -0.15) is 0 Å². The van der Waals surface area contributed by atoms with Crippen molar-refractivity contribution in [1.29, 1.82) is 0 Å². The van der Waals surface area contributed by atoms with Crippen LogP contribution in [0.2, 0.25) is 0 Å². The van der Waals surface area contributed by atoms with E-state index in [1.807, 2.05) is 0 Å². The molecule has 0 aliphatic heterocycles. The van der Waals surface area contributed by atoms with Crippen LogP contribution in [0.3, 0.4) is 0 Å². The Labute approximate surface area is 79.2 Å². The SMILES string of the molecule is CCC(C)(C)c1ncc(OC)cn1. The second-order valence-electron chi connectivity index (χ2n) is 3.68. The Bertz CT molecular complexity index is 267. The molecule has 3 heteroatoms. The van der Waals surface area contributed by atoms with Crippen LogP contribution in [-0.2, 0) is 5.41 Å². The van der Waals surface area contributed by atoms with E-state index >= 15 is 0 Å². The number of hydrogen-bond donors (Lipinski definition) is 0. The Morgan fingerprint density at radius 1 is 1.31 bits per heavy atom. The van der Waals surface area contributed by atoms with Gasteiger partial charge in [-0.05, 0) is 6.42 Å². The number of rotatable bonds is 3. The Kier molecular flexibility index (Phi) is 2.86. The highest BCUT2D eigenvalue weighted by atomic mass is 16.5. The normalized spacial score (nSPS) is 11.4. The van der Waals surface area contributed by atoms with E-state index in [2.05, 4.69) is 30.7 Å². The zero-order valence-corrected chi connectivity index (χ0v) is 8.66. The molecule has 0 aliphatic rings. The zero-order chi connectivity index (χ0) is 9.90. The summed E-state index contributed by atoms with van der Waals surface area (Å²) in [5.41, 5.74) is 0.0479. The molecule has 0 aromatic carbocycles. The van der Waals surface area contributed by atoms with E-state index < -0.39 is 0 Å². The number of ether oxygens (including phenoxy) is 1. The molecular formula is C10H16N2O. The first-order valence-corrected chi connectivity index (χ1v) is 4.46. The van der Waals surface area contributed by atoms with Crippen molar-refractivity contribution in [2.24, 2.45) is 0 Å². The number of methoxy groups -OCH3 is 1. The molecule has 72 valence electrons. The fourth-order valence-electron chi connectivity index (χ4n) is 0.929. The molecule has 3 nitrogen and oxygen atoms in total. The zero-order valence-electron chi connectivity index (χ0n) is 8.66. The van der Waals surface area contributed by atoms with Crippen molar-refractivity contribution in [3.63, 3.8) is 0 Å². The molecule has 0 fully saturated rings. The van der Waals surface area contributed by atoms with Gasteiger partial charge in [0, 0.05) is 5.41 Å². The molecule has 0 saturated carbocycles. The van der Waals surface area contributed by atoms with Gasteiger partial charge in [-0.15, -0.1) is 0 Å². The monoisotopic (exact) mass is 180 g/mol. The highest BCUT2D eigenvalue weighted by molar-refractivity contribution is 5.15. The molecule has 0 radical (unpaired) electrons. The maximum atomic E-state index is 4.99. The van der Waals surface area contributed by atoms with Crippen molar-refractivity contribution in [2.75, 3.05) is 7.11 Å². The molecule has 1 heterocycles. The van der Waals surface area contributed by atoms with Crippen LogP contribution in [0.25, 0.3) is 0 Å². The van der Waals surface area contributed by atoms with Crippen molar-refractivity contribution >= 4 is 0 Å². The molecule has 0 aliphatic carbocycles. The van der Waals surface area contributed by atoms with Crippen LogP contribution in [0.5, 0.6) is 5.75 Å². The van der Waals surface area contributed by atoms with E-state index in [0.29, 0.717) is 5.75 Å². The summed E-state index contributed by atoms with van der Waals surface area (Å²) in [5, 5.41) is 0. The quantitative estimate of drug-likeness (QED) is 0.715. The molecule has 1 aromatic rings. The van der Waals surface area contributed by atoms with Crippen LogP contribution in [0, 0.1) is 0 Å². The minimum atomic E-state index is 0.0479. The van der Waals surface area contributed by atoms with Crippen molar-refractivity contribution in [1.82, 2.24) is 9.97 Å². The van der Waals surface area contributed by atoms with Gasteiger partial charge in [0.1, 0.15) is 5.82 Å². The lowest BCUT2D eigenvalue weighted by Crippen LogP contribution is -2.19. The average Bonchev–Trinajstić information content (AvgIpc) is 2.18. The van der Waals surface area contributed by atoms with E-state index in [0.717, 1.165) is 12.2 Å². The maximum absolute atomic E-state index is 4.99. The predicted octanol–water partition coefficient (Wildman–Crippen LogP) is 2.17. The molecule has 0 bridgehead atoms. The number of hydrogen-bond acceptors (Lipinski definition) is 3. The Morgan fingerprint density at radius 2 is 1.85 bits per heavy atom. The highest BCUT2D eigenvalue weighted by Gasteiger charge is 2.20. The summed E-state index contributed by atoms with van der Waals surface area (Å²) in [5.74, 6) is 1.58. The lowest BCUT2D eigenvalue weighted by atomic mass is 9.89. The van der Waals surface area contributed by atoms with Gasteiger partial charge in [0.25, 0.3) is 0 Å². The molecule has 1 aromatic heterocycles. The van der Waals surface area contributed by atoms with Crippen molar-refractivity contribution in [2.45, 2.75) is 32.6 Å². The van der Waals surface area contributed by atoms with Crippen LogP contribution in [-0.4, -0.2) is 17.1 Å². The van der Waals surface area contributed by atoms with Gasteiger partial charge in [-0.25, -0.2) is 9.97 Å². The summed E-state index contributed by atoms with van der Waals surface area (Å²) in [4.78, 5) is 8.51. The largest absolute Gasteiger partial charge is 0.494 e. The minimum Gasteiger partial charge on any atom is -0.494 e. The van der Waals surface area contributed by atoms with Gasteiger partial charge in [0.05, 0.1) is 19.5 Å². The van der Waals surface area contributed by atoms with Gasteiger partial charge in [-0.3, -0.25) is 0 Å². The van der Waals surface area contributed by atoms with Crippen LogP contribution in [0.1, 0.15) is 33.0 Å². The summed E-state index contributed by atoms with van der Waals surface area (Å²) >= 11 is 0. The van der Waals surface area contributed by atoms with Crippen molar-refractivity contribution in [3.8, 4) is 5.75 Å². The summed E-state index contributed by atoms with van der Waals surface area (Å²) in [6, 6.07) is 0. The second kappa shape index (κ2) is 3.73. The molecule has 0 N–H and O–H groups in total. The topological polar surface area (TPSA) is 35.0 Å². The Hall–Kier alpha value is -1.12. The minimum absolute atomic E-state index is 0.0479. The van der Waals surface area contributed by atoms with Crippen LogP contribution in [0.15, 0.2) is 12.4 Å². The van der Waals surface area contributed by atoms with Crippen LogP contribution >= 0.6 is 0 Å². The van der Waals surface area contributed by atoms with E-state index in [-0.39, 0.29) is 5.41 Å². The third kappa shape index (κ3) is 2.17. The third-order valence-corrected chi connectivity index (χ3v) is 2.35. The molecule has 0 amide bonds. The van der Waals surface area contributed by atoms with Crippen molar-refractivity contribution < 1.29 is 4.74 Å². The van der Waals surface area contributed by atoms with Gasteiger partial charge in [0.15, 0.2) is 5.75 Å². The summed E-state index contributed by atoms with van der Waals surface area (Å²) in [6.45, 7) is 6.40. The molecule has 0 spiro atoms. The Morgan fingerprint density at radius 3 is 2.23 bits per heavy atom. The molecule has 0 saturated heterocycles. The number of nitrogens with zero attached hydrogens (tertiary/aromatic N) is 2. The fraction of sp³-hybridized carbons (Fsp3) is 0.600. The molecule has 0 unspecified atom stereocenters. The first-order valence-electron chi connectivity index (χ1n) is 4.46. The average molecular weight is 180 g/mol. The maximum Gasteiger partial charge on any atom is 0.155 e. The standard InChI is InChI=1S/C10H16N2O/c1-5-10(2,3)9-11-6-8(13-4)7-12-9/h6-7H,5H2,1-4H3. The second-order valence-corrected chi connectivity index (χ2v) is 3.68. The summed E-state index contributed by atoms with van der Waals surface area (Å²) < 4.78 is 4.99. The van der Waals surface area contributed by atoms with Gasteiger partial charge in [0.2, 0.25) is 0 Å². The number of aromatic nitrogens is 2. The molecule has 13 heavy (non-hydrogen) atoms. The van der Waals surface area contributed by atoms with Crippen LogP contribution in [0.4, 0.5) is 0 Å². The van der Waals surface area contributed by atoms with E-state index in [4.69, 9.17) is 4.74 Å². The lowest BCUT2D eigenvalue weighted by molar-refractivity contribution is 0.405. The van der Waals surface area contributed by atoms with E-state index in [9.17, 15) is 0 Å². The molecule has 1 rings (SSSR count). The molecule has 0 atom stereocenters. The summed E-state index contributed by atoms with van der Waals surface area (Å²) in [7, 11) is 1.61. The van der Waals surface area contributed by atoms with Gasteiger partial charge in [-0.1, -0.05) is 20.8 Å². The van der Waals surface area contributed by atoms with E-state index in [1.54, 1.807) is 19.5 Å². The molecular weight excluding hydrogens is 164 g/mol. The fourth-order valence-corrected chi connectivity index (χ4v) is 0.929. The lowest BCUT2D eigenvalue weighted by Gasteiger charge is -2.20. The third-order valence-electron chi connectivity index (χ3n) is 2.35. The van der Waals surface area contributed by atoms with E-state index in [1.165, 1.54) is 0 Å². The first-order chi connectivity index (χ1) is 6.10. The predicted molar refractivity (Wildman–Crippen MR) is 51.9 cm³/mol. The van der Waals surface area contributed by atoms with Gasteiger partial charge < -0.3 is 4.74 Å². The van der Waals surface area contributed by atoms with Gasteiger partial charge >= 0.3 is 0 Å². The summed E-state index contributed by atoms with van der Waals surface area (Å²) in [6.07, 6.45) is 4.44. The smallest absolute Gasteiger partial charge is 0.155 e. The van der Waals surface area contributed by atoms with Crippen LogP contribution < -0.4 is 4.74 Å². The van der Waals surface area contributed by atoms with Crippen molar-refractivity contribution in [3.05, 3.63) is 18.2 Å².